The van der Waals surface area contributed by atoms with E-state index in [0.29, 0.717) is 24.4 Å². The van der Waals surface area contributed by atoms with Crippen LogP contribution in [-0.2, 0) is 11.3 Å². The van der Waals surface area contributed by atoms with Crippen LogP contribution in [-0.4, -0.2) is 34.6 Å². The fourth-order valence-corrected chi connectivity index (χ4v) is 2.73. The molecule has 1 aromatic carbocycles. The van der Waals surface area contributed by atoms with Crippen molar-refractivity contribution < 1.29 is 14.7 Å². The molecule has 2 rings (SSSR count). The highest BCUT2D eigenvalue weighted by Crippen LogP contribution is 2.30. The van der Waals surface area contributed by atoms with Crippen LogP contribution in [0.1, 0.15) is 31.2 Å². The smallest absolute Gasteiger partial charge is 0.329 e. The number of hydrogen-bond acceptors (Lipinski definition) is 2. The third kappa shape index (κ3) is 3.67. The summed E-state index contributed by atoms with van der Waals surface area (Å²) >= 11 is 5.82. The van der Waals surface area contributed by atoms with Crippen molar-refractivity contribution in [2.75, 3.05) is 7.05 Å². The normalized spacial score (nSPS) is 16.5. The van der Waals surface area contributed by atoms with E-state index in [1.807, 2.05) is 12.1 Å². The lowest BCUT2D eigenvalue weighted by atomic mass is 9.98. The molecule has 0 heterocycles. The molecule has 5 nitrogen and oxygen atoms in total. The standard InChI is InChI=1S/C15H19ClN2O3/c1-18(10-11-4-6-12(16)7-5-11)14(21)17-15(13(19)20)8-2-3-9-15/h4-7H,2-3,8-10H2,1H3,(H,17,21)(H,19,20). The number of nitrogens with zero attached hydrogens (tertiary/aromatic N) is 1. The largest absolute Gasteiger partial charge is 0.480 e. The molecule has 0 saturated heterocycles. The minimum absolute atomic E-state index is 0.366. The first-order valence-corrected chi connectivity index (χ1v) is 7.32. The molecule has 0 atom stereocenters. The lowest BCUT2D eigenvalue weighted by Crippen LogP contribution is -2.55. The van der Waals surface area contributed by atoms with E-state index in [9.17, 15) is 14.7 Å². The second kappa shape index (κ2) is 6.35. The van der Waals surface area contributed by atoms with Crippen LogP contribution in [0.2, 0.25) is 5.02 Å². The van der Waals surface area contributed by atoms with Crippen molar-refractivity contribution >= 4 is 23.6 Å². The summed E-state index contributed by atoms with van der Waals surface area (Å²) in [5.41, 5.74) is -0.168. The number of carbonyl (C=O) groups excluding carboxylic acids is 1. The highest BCUT2D eigenvalue weighted by atomic mass is 35.5. The van der Waals surface area contributed by atoms with Gasteiger partial charge in [-0.25, -0.2) is 9.59 Å². The first-order chi connectivity index (χ1) is 9.93. The van der Waals surface area contributed by atoms with E-state index in [-0.39, 0.29) is 6.03 Å². The second-order valence-electron chi connectivity index (χ2n) is 5.51. The van der Waals surface area contributed by atoms with Crippen molar-refractivity contribution in [3.05, 3.63) is 34.9 Å². The SMILES string of the molecule is CN(Cc1ccc(Cl)cc1)C(=O)NC1(C(=O)O)CCCC1. The predicted octanol–water partition coefficient (Wildman–Crippen LogP) is 2.88. The summed E-state index contributed by atoms with van der Waals surface area (Å²) in [7, 11) is 1.65. The zero-order chi connectivity index (χ0) is 15.5. The van der Waals surface area contributed by atoms with E-state index < -0.39 is 11.5 Å². The lowest BCUT2D eigenvalue weighted by Gasteiger charge is -2.28. The molecule has 1 aliphatic carbocycles. The monoisotopic (exact) mass is 310 g/mol. The molecule has 6 heteroatoms. The van der Waals surface area contributed by atoms with Crippen LogP contribution in [0.25, 0.3) is 0 Å². The van der Waals surface area contributed by atoms with Gasteiger partial charge in [0.15, 0.2) is 0 Å². The summed E-state index contributed by atoms with van der Waals surface area (Å²) in [5.74, 6) is -0.951. The number of benzene rings is 1. The number of urea groups is 1. The van der Waals surface area contributed by atoms with Gasteiger partial charge < -0.3 is 15.3 Å². The average Bonchev–Trinajstić information content (AvgIpc) is 2.91. The van der Waals surface area contributed by atoms with Crippen LogP contribution < -0.4 is 5.32 Å². The van der Waals surface area contributed by atoms with E-state index in [0.717, 1.165) is 18.4 Å². The van der Waals surface area contributed by atoms with Crippen molar-refractivity contribution in [1.82, 2.24) is 10.2 Å². The number of aliphatic carboxylic acids is 1. The van der Waals surface area contributed by atoms with Crippen molar-refractivity contribution in [3.8, 4) is 0 Å². The van der Waals surface area contributed by atoms with Gasteiger partial charge in [0.05, 0.1) is 0 Å². The predicted molar refractivity (Wildman–Crippen MR) is 80.3 cm³/mol. The van der Waals surface area contributed by atoms with Gasteiger partial charge in [-0.3, -0.25) is 0 Å². The molecule has 1 saturated carbocycles. The van der Waals surface area contributed by atoms with Crippen molar-refractivity contribution in [2.24, 2.45) is 0 Å². The summed E-state index contributed by atoms with van der Waals surface area (Å²) in [6, 6.07) is 6.84. The van der Waals surface area contributed by atoms with Crippen LogP contribution in [0.15, 0.2) is 24.3 Å². The Kier molecular flexibility index (Phi) is 4.73. The number of amides is 2. The molecule has 1 aromatic rings. The van der Waals surface area contributed by atoms with E-state index in [1.54, 1.807) is 19.2 Å². The fraction of sp³-hybridized carbons (Fsp3) is 0.467. The molecular weight excluding hydrogens is 292 g/mol. The van der Waals surface area contributed by atoms with Crippen molar-refractivity contribution in [1.29, 1.82) is 0 Å². The number of nitrogens with one attached hydrogen (secondary N) is 1. The minimum atomic E-state index is -1.11. The van der Waals surface area contributed by atoms with Gasteiger partial charge in [0.25, 0.3) is 0 Å². The number of halogens is 1. The highest BCUT2D eigenvalue weighted by molar-refractivity contribution is 6.30. The van der Waals surface area contributed by atoms with Crippen LogP contribution in [0.5, 0.6) is 0 Å². The quantitative estimate of drug-likeness (QED) is 0.898. The van der Waals surface area contributed by atoms with Gasteiger partial charge in [-0.15, -0.1) is 0 Å². The second-order valence-corrected chi connectivity index (χ2v) is 5.94. The van der Waals surface area contributed by atoms with Gasteiger partial charge in [-0.1, -0.05) is 36.6 Å². The molecule has 0 unspecified atom stereocenters. The number of carboxylic acids is 1. The van der Waals surface area contributed by atoms with E-state index in [4.69, 9.17) is 11.6 Å². The maximum absolute atomic E-state index is 12.2. The van der Waals surface area contributed by atoms with Crippen LogP contribution >= 0.6 is 11.6 Å². The maximum atomic E-state index is 12.2. The Labute approximate surface area is 128 Å². The summed E-state index contributed by atoms with van der Waals surface area (Å²) in [6.07, 6.45) is 2.63. The zero-order valence-electron chi connectivity index (χ0n) is 11.9. The molecule has 0 aromatic heterocycles. The summed E-state index contributed by atoms with van der Waals surface area (Å²) in [4.78, 5) is 25.1. The lowest BCUT2D eigenvalue weighted by molar-refractivity contribution is -0.144. The summed E-state index contributed by atoms with van der Waals surface area (Å²) < 4.78 is 0. The molecule has 1 fully saturated rings. The van der Waals surface area contributed by atoms with Crippen molar-refractivity contribution in [2.45, 2.75) is 37.8 Å². The van der Waals surface area contributed by atoms with E-state index in [2.05, 4.69) is 5.32 Å². The van der Waals surface area contributed by atoms with Gasteiger partial charge in [-0.2, -0.15) is 0 Å². The molecule has 2 N–H and O–H groups in total. The Morgan fingerprint density at radius 3 is 2.38 bits per heavy atom. The minimum Gasteiger partial charge on any atom is -0.480 e. The molecule has 0 bridgehead atoms. The van der Waals surface area contributed by atoms with Gasteiger partial charge >= 0.3 is 12.0 Å². The average molecular weight is 311 g/mol. The summed E-state index contributed by atoms with van der Waals surface area (Å²) in [6.45, 7) is 0.401. The van der Waals surface area contributed by atoms with Gasteiger partial charge in [-0.05, 0) is 30.5 Å². The van der Waals surface area contributed by atoms with E-state index >= 15 is 0 Å². The van der Waals surface area contributed by atoms with E-state index in [1.165, 1.54) is 4.90 Å². The Hall–Kier alpha value is -1.75. The fourth-order valence-electron chi connectivity index (χ4n) is 2.61. The molecule has 114 valence electrons. The number of carbonyl (C=O) groups is 2. The molecular formula is C15H19ClN2O3. The topological polar surface area (TPSA) is 69.6 Å². The Balaban J connectivity index is 1.99. The Bertz CT molecular complexity index is 524. The number of carboxylic acid groups (broad SMARTS) is 1. The molecule has 2 amide bonds. The Morgan fingerprint density at radius 1 is 1.29 bits per heavy atom. The highest BCUT2D eigenvalue weighted by Gasteiger charge is 2.43. The number of rotatable bonds is 4. The molecule has 21 heavy (non-hydrogen) atoms. The first-order valence-electron chi connectivity index (χ1n) is 6.94. The van der Waals surface area contributed by atoms with Crippen LogP contribution in [0, 0.1) is 0 Å². The summed E-state index contributed by atoms with van der Waals surface area (Å²) in [5, 5.41) is 12.7. The van der Waals surface area contributed by atoms with Gasteiger partial charge in [0.2, 0.25) is 0 Å². The first kappa shape index (κ1) is 15.6. The molecule has 0 aliphatic heterocycles. The third-order valence-corrected chi connectivity index (χ3v) is 4.14. The maximum Gasteiger partial charge on any atom is 0.329 e. The number of hydrogen-bond donors (Lipinski definition) is 2. The molecule has 1 aliphatic rings. The molecule has 0 spiro atoms. The zero-order valence-corrected chi connectivity index (χ0v) is 12.7. The third-order valence-electron chi connectivity index (χ3n) is 3.89. The van der Waals surface area contributed by atoms with Crippen LogP contribution in [0.3, 0.4) is 0 Å². The Morgan fingerprint density at radius 2 is 1.86 bits per heavy atom. The van der Waals surface area contributed by atoms with Gasteiger partial charge in [0.1, 0.15) is 5.54 Å². The molecule has 0 radical (unpaired) electrons. The van der Waals surface area contributed by atoms with Gasteiger partial charge in [0, 0.05) is 18.6 Å². The van der Waals surface area contributed by atoms with Crippen molar-refractivity contribution in [3.63, 3.8) is 0 Å². The van der Waals surface area contributed by atoms with Crippen LogP contribution in [0.4, 0.5) is 4.79 Å².